The van der Waals surface area contributed by atoms with Gasteiger partial charge in [0, 0.05) is 36.1 Å². The first-order valence-corrected chi connectivity index (χ1v) is 6.81. The highest BCUT2D eigenvalue weighted by atomic mass is 16.5. The Morgan fingerprint density at radius 2 is 2.10 bits per heavy atom. The average molecular weight is 283 g/mol. The van der Waals surface area contributed by atoms with Crippen LogP contribution in [0.4, 0.5) is 5.69 Å². The molecule has 0 aliphatic heterocycles. The van der Waals surface area contributed by atoms with Gasteiger partial charge in [0.15, 0.2) is 0 Å². The Hall–Kier alpha value is -2.63. The SMILES string of the molecule is Cc1c(N)cccc1-c1noc(CCn2nccc2C)n1. The molecule has 0 radical (unpaired) electrons. The minimum Gasteiger partial charge on any atom is -0.398 e. The van der Waals surface area contributed by atoms with Crippen LogP contribution in [0.3, 0.4) is 0 Å². The Morgan fingerprint density at radius 1 is 1.24 bits per heavy atom. The number of hydrogen-bond acceptors (Lipinski definition) is 5. The van der Waals surface area contributed by atoms with E-state index in [-0.39, 0.29) is 0 Å². The molecule has 0 unspecified atom stereocenters. The Morgan fingerprint density at radius 3 is 2.86 bits per heavy atom. The lowest BCUT2D eigenvalue weighted by Gasteiger charge is -2.03. The summed E-state index contributed by atoms with van der Waals surface area (Å²) in [7, 11) is 0. The Labute approximate surface area is 122 Å². The van der Waals surface area contributed by atoms with E-state index in [4.69, 9.17) is 10.3 Å². The zero-order valence-electron chi connectivity index (χ0n) is 12.1. The molecule has 108 valence electrons. The molecule has 2 heterocycles. The molecule has 0 aliphatic rings. The summed E-state index contributed by atoms with van der Waals surface area (Å²) in [6.07, 6.45) is 2.43. The minimum absolute atomic E-state index is 0.576. The molecule has 0 amide bonds. The van der Waals surface area contributed by atoms with Gasteiger partial charge in [-0.25, -0.2) is 0 Å². The molecule has 2 N–H and O–H groups in total. The van der Waals surface area contributed by atoms with E-state index in [1.165, 1.54) is 0 Å². The summed E-state index contributed by atoms with van der Waals surface area (Å²) >= 11 is 0. The van der Waals surface area contributed by atoms with E-state index < -0.39 is 0 Å². The lowest BCUT2D eigenvalue weighted by Crippen LogP contribution is -2.05. The molecule has 3 rings (SSSR count). The largest absolute Gasteiger partial charge is 0.398 e. The van der Waals surface area contributed by atoms with Crippen LogP contribution in [0.1, 0.15) is 17.1 Å². The van der Waals surface area contributed by atoms with Crippen LogP contribution in [0.5, 0.6) is 0 Å². The van der Waals surface area contributed by atoms with E-state index >= 15 is 0 Å². The van der Waals surface area contributed by atoms with Crippen LogP contribution < -0.4 is 5.73 Å². The summed E-state index contributed by atoms with van der Waals surface area (Å²) in [4.78, 5) is 4.44. The number of aryl methyl sites for hydroxylation is 3. The van der Waals surface area contributed by atoms with Gasteiger partial charge < -0.3 is 10.3 Å². The first-order chi connectivity index (χ1) is 10.1. The van der Waals surface area contributed by atoms with Crippen LogP contribution in [0.15, 0.2) is 35.0 Å². The third-order valence-corrected chi connectivity index (χ3v) is 3.55. The van der Waals surface area contributed by atoms with Crippen LogP contribution in [0, 0.1) is 13.8 Å². The van der Waals surface area contributed by atoms with Crippen LogP contribution in [0.25, 0.3) is 11.4 Å². The molecule has 0 fully saturated rings. The molecular formula is C15H17N5O. The van der Waals surface area contributed by atoms with Crippen molar-refractivity contribution in [3.8, 4) is 11.4 Å². The molecule has 21 heavy (non-hydrogen) atoms. The Bertz CT molecular complexity index is 759. The van der Waals surface area contributed by atoms with E-state index in [0.29, 0.717) is 18.1 Å². The highest BCUT2D eigenvalue weighted by Crippen LogP contribution is 2.24. The van der Waals surface area contributed by atoms with Gasteiger partial charge in [0.25, 0.3) is 0 Å². The fraction of sp³-hybridized carbons (Fsp3) is 0.267. The van der Waals surface area contributed by atoms with Gasteiger partial charge in [-0.15, -0.1) is 0 Å². The predicted molar refractivity (Wildman–Crippen MR) is 79.6 cm³/mol. The number of hydrogen-bond donors (Lipinski definition) is 1. The first kappa shape index (κ1) is 13.4. The molecule has 0 atom stereocenters. The highest BCUT2D eigenvalue weighted by Gasteiger charge is 2.12. The maximum Gasteiger partial charge on any atom is 0.228 e. The number of nitrogens with two attached hydrogens (primary N) is 1. The molecule has 0 spiro atoms. The molecule has 3 aromatic rings. The van der Waals surface area contributed by atoms with E-state index in [1.54, 1.807) is 6.20 Å². The van der Waals surface area contributed by atoms with Gasteiger partial charge in [0.05, 0.1) is 0 Å². The zero-order valence-corrected chi connectivity index (χ0v) is 12.1. The monoisotopic (exact) mass is 283 g/mol. The average Bonchev–Trinajstić information content (AvgIpc) is 3.09. The first-order valence-electron chi connectivity index (χ1n) is 6.81. The number of aromatic nitrogens is 4. The van der Waals surface area contributed by atoms with Gasteiger partial charge >= 0.3 is 0 Å². The van der Waals surface area contributed by atoms with Crippen molar-refractivity contribution >= 4 is 5.69 Å². The van der Waals surface area contributed by atoms with Crippen molar-refractivity contribution in [3.05, 3.63) is 47.6 Å². The molecule has 0 bridgehead atoms. The highest BCUT2D eigenvalue weighted by molar-refractivity contribution is 5.67. The van der Waals surface area contributed by atoms with Crippen molar-refractivity contribution in [1.29, 1.82) is 0 Å². The number of benzene rings is 1. The van der Waals surface area contributed by atoms with Gasteiger partial charge in [0.1, 0.15) is 0 Å². The molecule has 1 aromatic carbocycles. The maximum atomic E-state index is 5.91. The second-order valence-corrected chi connectivity index (χ2v) is 4.98. The summed E-state index contributed by atoms with van der Waals surface area (Å²) in [5.74, 6) is 1.17. The lowest BCUT2D eigenvalue weighted by molar-refractivity contribution is 0.368. The van der Waals surface area contributed by atoms with E-state index in [2.05, 4.69) is 15.2 Å². The van der Waals surface area contributed by atoms with Crippen LogP contribution in [0.2, 0.25) is 0 Å². The quantitative estimate of drug-likeness (QED) is 0.743. The number of nitrogens with zero attached hydrogens (tertiary/aromatic N) is 4. The van der Waals surface area contributed by atoms with Gasteiger partial charge in [0.2, 0.25) is 11.7 Å². The molecule has 0 saturated heterocycles. The van der Waals surface area contributed by atoms with Gasteiger partial charge in [-0.3, -0.25) is 4.68 Å². The van der Waals surface area contributed by atoms with Crippen molar-refractivity contribution in [3.63, 3.8) is 0 Å². The molecule has 6 heteroatoms. The fourth-order valence-electron chi connectivity index (χ4n) is 2.20. The summed E-state index contributed by atoms with van der Waals surface area (Å²) in [6, 6.07) is 7.66. The fourth-order valence-corrected chi connectivity index (χ4v) is 2.20. The van der Waals surface area contributed by atoms with Gasteiger partial charge in [-0.2, -0.15) is 10.1 Å². The normalized spacial score (nSPS) is 11.0. The molecular weight excluding hydrogens is 266 g/mol. The molecule has 6 nitrogen and oxygen atoms in total. The van der Waals surface area contributed by atoms with E-state index in [1.807, 2.05) is 42.8 Å². The smallest absolute Gasteiger partial charge is 0.228 e. The van der Waals surface area contributed by atoms with Crippen LogP contribution in [-0.4, -0.2) is 19.9 Å². The summed E-state index contributed by atoms with van der Waals surface area (Å²) in [5, 5.41) is 8.27. The van der Waals surface area contributed by atoms with E-state index in [0.717, 1.165) is 29.1 Å². The van der Waals surface area contributed by atoms with E-state index in [9.17, 15) is 0 Å². The number of nitrogen functional groups attached to an aromatic ring is 1. The lowest BCUT2D eigenvalue weighted by atomic mass is 10.1. The van der Waals surface area contributed by atoms with Crippen molar-refractivity contribution in [1.82, 2.24) is 19.9 Å². The van der Waals surface area contributed by atoms with Crippen molar-refractivity contribution in [2.24, 2.45) is 0 Å². The molecule has 0 saturated carbocycles. The topological polar surface area (TPSA) is 82.8 Å². The summed E-state index contributed by atoms with van der Waals surface area (Å²) < 4.78 is 7.22. The number of anilines is 1. The summed E-state index contributed by atoms with van der Waals surface area (Å²) in [6.45, 7) is 4.69. The third-order valence-electron chi connectivity index (χ3n) is 3.55. The molecule has 2 aromatic heterocycles. The Kier molecular flexibility index (Phi) is 3.43. The number of rotatable bonds is 4. The van der Waals surface area contributed by atoms with Crippen LogP contribution >= 0.6 is 0 Å². The zero-order chi connectivity index (χ0) is 14.8. The van der Waals surface area contributed by atoms with Crippen LogP contribution in [-0.2, 0) is 13.0 Å². The Balaban J connectivity index is 1.77. The summed E-state index contributed by atoms with van der Waals surface area (Å²) in [5.41, 5.74) is 9.62. The van der Waals surface area contributed by atoms with Crippen molar-refractivity contribution < 1.29 is 4.52 Å². The third kappa shape index (κ3) is 2.65. The predicted octanol–water partition coefficient (Wildman–Crippen LogP) is 2.37. The maximum absolute atomic E-state index is 5.91. The standard InChI is InChI=1S/C15H17N5O/c1-10-6-8-17-20(10)9-7-14-18-15(19-21-14)12-4-3-5-13(16)11(12)2/h3-6,8H,7,9,16H2,1-2H3. The minimum atomic E-state index is 0.576. The second kappa shape index (κ2) is 5.40. The van der Waals surface area contributed by atoms with Gasteiger partial charge in [-0.05, 0) is 31.5 Å². The van der Waals surface area contributed by atoms with Crippen molar-refractivity contribution in [2.45, 2.75) is 26.8 Å². The van der Waals surface area contributed by atoms with Crippen molar-refractivity contribution in [2.75, 3.05) is 5.73 Å². The van der Waals surface area contributed by atoms with Gasteiger partial charge in [-0.1, -0.05) is 17.3 Å². The molecule has 0 aliphatic carbocycles. The second-order valence-electron chi connectivity index (χ2n) is 4.98.